The normalized spacial score (nSPS) is 10.4. The summed E-state index contributed by atoms with van der Waals surface area (Å²) < 4.78 is 10.9. The molecule has 0 saturated carbocycles. The van der Waals surface area contributed by atoms with Gasteiger partial charge in [0.05, 0.1) is 26.3 Å². The number of allylic oxidation sites excluding steroid dienone is 1. The maximum atomic E-state index is 5.85. The second-order valence-electron chi connectivity index (χ2n) is 4.87. The molecule has 0 spiro atoms. The van der Waals surface area contributed by atoms with Crippen molar-refractivity contribution in [2.24, 2.45) is 0 Å². The quantitative estimate of drug-likeness (QED) is 0.470. The van der Waals surface area contributed by atoms with E-state index in [1.54, 1.807) is 7.11 Å². The second-order valence-corrected chi connectivity index (χ2v) is 4.87. The number of nitrogens with two attached hydrogens (primary N) is 1. The molecular formula is C17H28NO2+. The van der Waals surface area contributed by atoms with Crippen LogP contribution in [-0.4, -0.2) is 33.4 Å². The van der Waals surface area contributed by atoms with E-state index in [-0.39, 0.29) is 0 Å². The van der Waals surface area contributed by atoms with Crippen LogP contribution < -0.4 is 10.1 Å². The molecule has 0 radical (unpaired) electrons. The van der Waals surface area contributed by atoms with Crippen LogP contribution in [-0.2, 0) is 11.2 Å². The molecule has 0 aromatic heterocycles. The molecule has 3 nitrogen and oxygen atoms in total. The lowest BCUT2D eigenvalue weighted by Gasteiger charge is -2.10. The van der Waals surface area contributed by atoms with Gasteiger partial charge in [0.1, 0.15) is 5.75 Å². The Morgan fingerprint density at radius 2 is 1.90 bits per heavy atom. The van der Waals surface area contributed by atoms with Crippen molar-refractivity contribution in [1.82, 2.24) is 0 Å². The molecule has 0 unspecified atom stereocenters. The van der Waals surface area contributed by atoms with Gasteiger partial charge in [0, 0.05) is 13.5 Å². The molecule has 0 heterocycles. The summed E-state index contributed by atoms with van der Waals surface area (Å²) in [6, 6.07) is 8.20. The van der Waals surface area contributed by atoms with Gasteiger partial charge < -0.3 is 14.8 Å². The van der Waals surface area contributed by atoms with Crippen LogP contribution in [0.2, 0.25) is 0 Å². The van der Waals surface area contributed by atoms with E-state index in [1.165, 1.54) is 18.5 Å². The Labute approximate surface area is 123 Å². The fraction of sp³-hybridized carbons (Fsp3) is 0.529. The first kappa shape index (κ1) is 16.7. The largest absolute Gasteiger partial charge is 0.493 e. The number of rotatable bonds is 12. The van der Waals surface area contributed by atoms with Crippen molar-refractivity contribution in [2.45, 2.75) is 25.7 Å². The van der Waals surface area contributed by atoms with Crippen LogP contribution in [0.4, 0.5) is 0 Å². The van der Waals surface area contributed by atoms with Crippen molar-refractivity contribution in [2.75, 3.05) is 33.4 Å². The number of benzene rings is 1. The summed E-state index contributed by atoms with van der Waals surface area (Å²) >= 11 is 0. The summed E-state index contributed by atoms with van der Waals surface area (Å²) in [6.45, 7) is 7.75. The molecule has 1 rings (SSSR count). The SMILES string of the molecule is C=CCc1ccccc1OCCCC[NH2+]CCCOC. The zero-order chi connectivity index (χ0) is 14.5. The molecule has 0 aliphatic heterocycles. The number of hydrogen-bond acceptors (Lipinski definition) is 2. The number of ether oxygens (including phenoxy) is 2. The van der Waals surface area contributed by atoms with Crippen LogP contribution in [0, 0.1) is 0 Å². The average molecular weight is 278 g/mol. The molecular weight excluding hydrogens is 250 g/mol. The Hall–Kier alpha value is -1.32. The lowest BCUT2D eigenvalue weighted by Crippen LogP contribution is -2.84. The number of hydrogen-bond donors (Lipinski definition) is 1. The van der Waals surface area contributed by atoms with E-state index < -0.39 is 0 Å². The highest BCUT2D eigenvalue weighted by Gasteiger charge is 2.01. The van der Waals surface area contributed by atoms with Gasteiger partial charge in [-0.25, -0.2) is 0 Å². The van der Waals surface area contributed by atoms with Gasteiger partial charge in [0.2, 0.25) is 0 Å². The Morgan fingerprint density at radius 1 is 1.10 bits per heavy atom. The third kappa shape index (κ3) is 7.31. The minimum absolute atomic E-state index is 0.792. The van der Waals surface area contributed by atoms with Crippen LogP contribution in [0.25, 0.3) is 0 Å². The van der Waals surface area contributed by atoms with Gasteiger partial charge in [-0.3, -0.25) is 0 Å². The minimum atomic E-state index is 0.792. The highest BCUT2D eigenvalue weighted by atomic mass is 16.5. The lowest BCUT2D eigenvalue weighted by atomic mass is 10.1. The molecule has 0 amide bonds. The zero-order valence-electron chi connectivity index (χ0n) is 12.6. The molecule has 0 fully saturated rings. The third-order valence-electron chi connectivity index (χ3n) is 3.15. The molecule has 2 N–H and O–H groups in total. The van der Waals surface area contributed by atoms with Crippen molar-refractivity contribution in [1.29, 1.82) is 0 Å². The number of quaternary nitrogens is 1. The average Bonchev–Trinajstić information content (AvgIpc) is 2.47. The highest BCUT2D eigenvalue weighted by Crippen LogP contribution is 2.18. The van der Waals surface area contributed by atoms with Crippen molar-refractivity contribution in [3.05, 3.63) is 42.5 Å². The van der Waals surface area contributed by atoms with Crippen LogP contribution in [0.1, 0.15) is 24.8 Å². The van der Waals surface area contributed by atoms with Crippen LogP contribution in [0.5, 0.6) is 5.75 Å². The van der Waals surface area contributed by atoms with Crippen LogP contribution >= 0.6 is 0 Å². The molecule has 0 aliphatic rings. The molecule has 20 heavy (non-hydrogen) atoms. The molecule has 0 bridgehead atoms. The van der Waals surface area contributed by atoms with Crippen LogP contribution in [0.15, 0.2) is 36.9 Å². The van der Waals surface area contributed by atoms with E-state index >= 15 is 0 Å². The van der Waals surface area contributed by atoms with Gasteiger partial charge in [-0.05, 0) is 30.9 Å². The van der Waals surface area contributed by atoms with Crippen molar-refractivity contribution in [3.8, 4) is 5.75 Å². The summed E-state index contributed by atoms with van der Waals surface area (Å²) in [5, 5.41) is 2.35. The van der Waals surface area contributed by atoms with E-state index in [9.17, 15) is 0 Å². The smallest absolute Gasteiger partial charge is 0.122 e. The van der Waals surface area contributed by atoms with E-state index in [4.69, 9.17) is 9.47 Å². The number of unbranched alkanes of at least 4 members (excludes halogenated alkanes) is 1. The summed E-state index contributed by atoms with van der Waals surface area (Å²) in [4.78, 5) is 0. The third-order valence-corrected chi connectivity index (χ3v) is 3.15. The maximum Gasteiger partial charge on any atom is 0.122 e. The Kier molecular flexibility index (Phi) is 9.62. The van der Waals surface area contributed by atoms with Gasteiger partial charge in [-0.1, -0.05) is 24.3 Å². The highest BCUT2D eigenvalue weighted by molar-refractivity contribution is 5.34. The fourth-order valence-corrected chi connectivity index (χ4v) is 2.06. The lowest BCUT2D eigenvalue weighted by molar-refractivity contribution is -0.655. The van der Waals surface area contributed by atoms with Gasteiger partial charge in [0.15, 0.2) is 0 Å². The molecule has 0 atom stereocenters. The first-order chi connectivity index (χ1) is 9.88. The molecule has 0 aliphatic carbocycles. The summed E-state index contributed by atoms with van der Waals surface area (Å²) in [5.74, 6) is 0.997. The van der Waals surface area contributed by atoms with Crippen molar-refractivity contribution >= 4 is 0 Å². The molecule has 112 valence electrons. The first-order valence-electron chi connectivity index (χ1n) is 7.50. The van der Waals surface area contributed by atoms with Gasteiger partial charge in [-0.2, -0.15) is 0 Å². The predicted molar refractivity (Wildman–Crippen MR) is 83.2 cm³/mol. The maximum absolute atomic E-state index is 5.85. The monoisotopic (exact) mass is 278 g/mol. The van der Waals surface area contributed by atoms with E-state index in [2.05, 4.69) is 18.0 Å². The van der Waals surface area contributed by atoms with E-state index in [0.29, 0.717) is 0 Å². The number of methoxy groups -OCH3 is 1. The Morgan fingerprint density at radius 3 is 2.70 bits per heavy atom. The topological polar surface area (TPSA) is 35.1 Å². The predicted octanol–water partition coefficient (Wildman–Crippen LogP) is 2.17. The molecule has 1 aromatic rings. The standard InChI is InChI=1S/C17H27NO2/c1-3-9-16-10-4-5-11-17(16)20-15-7-6-12-18-13-8-14-19-2/h3-5,10-11,18H,1,6-9,12-15H2,2H3/p+1. The first-order valence-corrected chi connectivity index (χ1v) is 7.50. The van der Waals surface area contributed by atoms with Crippen molar-refractivity contribution in [3.63, 3.8) is 0 Å². The molecule has 3 heteroatoms. The fourth-order valence-electron chi connectivity index (χ4n) is 2.06. The van der Waals surface area contributed by atoms with Crippen molar-refractivity contribution < 1.29 is 14.8 Å². The van der Waals surface area contributed by atoms with Gasteiger partial charge >= 0.3 is 0 Å². The number of para-hydroxylation sites is 1. The molecule has 1 aromatic carbocycles. The van der Waals surface area contributed by atoms with Gasteiger partial charge in [0.25, 0.3) is 0 Å². The second kappa shape index (κ2) is 11.5. The minimum Gasteiger partial charge on any atom is -0.493 e. The van der Waals surface area contributed by atoms with E-state index in [1.807, 2.05) is 24.3 Å². The van der Waals surface area contributed by atoms with Gasteiger partial charge in [-0.15, -0.1) is 6.58 Å². The summed E-state index contributed by atoms with van der Waals surface area (Å²) in [7, 11) is 1.75. The van der Waals surface area contributed by atoms with E-state index in [0.717, 1.165) is 44.8 Å². The molecule has 0 saturated heterocycles. The Bertz CT molecular complexity index is 366. The summed E-state index contributed by atoms with van der Waals surface area (Å²) in [5.41, 5.74) is 1.22. The summed E-state index contributed by atoms with van der Waals surface area (Å²) in [6.07, 6.45) is 6.20. The van der Waals surface area contributed by atoms with Crippen LogP contribution in [0.3, 0.4) is 0 Å². The zero-order valence-corrected chi connectivity index (χ0v) is 12.6. The Balaban J connectivity index is 2.08.